The summed E-state index contributed by atoms with van der Waals surface area (Å²) in [6.45, 7) is 2.59. The number of methoxy groups -OCH3 is 1. The minimum atomic E-state index is -3.99. The Morgan fingerprint density at radius 3 is 2.71 bits per heavy atom. The SMILES string of the molecule is CCCc1nnsc1-c1nnc(S(=O)(=O)Cl)n1CCOC. The number of hydrogen-bond acceptors (Lipinski definition) is 8. The quantitative estimate of drug-likeness (QED) is 0.693. The third-order valence-corrected chi connectivity index (χ3v) is 4.62. The van der Waals surface area contributed by atoms with Crippen LogP contribution in [0.25, 0.3) is 10.7 Å². The number of rotatable bonds is 7. The molecule has 0 bridgehead atoms. The summed E-state index contributed by atoms with van der Waals surface area (Å²) >= 11 is 1.15. The fraction of sp³-hybridized carbons (Fsp3) is 0.600. The van der Waals surface area contributed by atoms with E-state index in [1.165, 1.54) is 11.7 Å². The van der Waals surface area contributed by atoms with E-state index in [1.807, 2.05) is 6.92 Å². The molecule has 0 atom stereocenters. The number of hydrogen-bond donors (Lipinski definition) is 0. The molecule has 2 rings (SSSR count). The van der Waals surface area contributed by atoms with E-state index >= 15 is 0 Å². The van der Waals surface area contributed by atoms with Crippen LogP contribution in [-0.2, 0) is 26.8 Å². The van der Waals surface area contributed by atoms with E-state index in [0.717, 1.165) is 30.1 Å². The topological polar surface area (TPSA) is 99.9 Å². The average Bonchev–Trinajstić information content (AvgIpc) is 3.01. The molecule has 0 aliphatic carbocycles. The third-order valence-electron chi connectivity index (χ3n) is 2.70. The van der Waals surface area contributed by atoms with E-state index in [4.69, 9.17) is 15.4 Å². The first-order chi connectivity index (χ1) is 9.99. The largest absolute Gasteiger partial charge is 0.383 e. The van der Waals surface area contributed by atoms with E-state index in [9.17, 15) is 8.42 Å². The summed E-state index contributed by atoms with van der Waals surface area (Å²) in [5.74, 6) is 0.393. The summed E-state index contributed by atoms with van der Waals surface area (Å²) in [6, 6.07) is 0. The molecule has 2 aromatic rings. The van der Waals surface area contributed by atoms with Crippen molar-refractivity contribution in [2.45, 2.75) is 31.5 Å². The summed E-state index contributed by atoms with van der Waals surface area (Å²) in [6.07, 6.45) is 1.62. The van der Waals surface area contributed by atoms with Crippen molar-refractivity contribution in [3.05, 3.63) is 5.69 Å². The molecule has 116 valence electrons. The molecule has 0 spiro atoms. The van der Waals surface area contributed by atoms with Crippen molar-refractivity contribution in [3.63, 3.8) is 0 Å². The standard InChI is InChI=1S/C10H14ClN5O3S2/c1-3-4-7-8(20-15-12-7)9-13-14-10(21(11,17)18)16(9)5-6-19-2/h3-6H2,1-2H3. The first-order valence-corrected chi connectivity index (χ1v) is 9.25. The monoisotopic (exact) mass is 351 g/mol. The highest BCUT2D eigenvalue weighted by Crippen LogP contribution is 2.28. The van der Waals surface area contributed by atoms with Crippen LogP contribution in [0, 0.1) is 0 Å². The van der Waals surface area contributed by atoms with Crippen LogP contribution in [0.3, 0.4) is 0 Å². The molecule has 0 saturated heterocycles. The minimum absolute atomic E-state index is 0.267. The molecule has 0 N–H and O–H groups in total. The van der Waals surface area contributed by atoms with Crippen LogP contribution < -0.4 is 0 Å². The minimum Gasteiger partial charge on any atom is -0.383 e. The Kier molecular flexibility index (Phi) is 5.25. The van der Waals surface area contributed by atoms with Gasteiger partial charge in [0.1, 0.15) is 4.88 Å². The van der Waals surface area contributed by atoms with Crippen molar-refractivity contribution in [2.24, 2.45) is 0 Å². The van der Waals surface area contributed by atoms with Gasteiger partial charge in [-0.1, -0.05) is 17.8 Å². The van der Waals surface area contributed by atoms with Gasteiger partial charge in [0.25, 0.3) is 14.2 Å². The zero-order valence-corrected chi connectivity index (χ0v) is 13.9. The van der Waals surface area contributed by atoms with Crippen LogP contribution in [-0.4, -0.2) is 46.5 Å². The molecule has 0 fully saturated rings. The molecule has 2 heterocycles. The van der Waals surface area contributed by atoms with E-state index in [2.05, 4.69) is 19.8 Å². The van der Waals surface area contributed by atoms with Crippen LogP contribution in [0.5, 0.6) is 0 Å². The first-order valence-electron chi connectivity index (χ1n) is 6.17. The van der Waals surface area contributed by atoms with E-state index in [-0.39, 0.29) is 11.7 Å². The van der Waals surface area contributed by atoms with Gasteiger partial charge in [-0.15, -0.1) is 15.3 Å². The van der Waals surface area contributed by atoms with E-state index < -0.39 is 9.05 Å². The second-order valence-electron chi connectivity index (χ2n) is 4.19. The van der Waals surface area contributed by atoms with Crippen LogP contribution in [0.2, 0.25) is 0 Å². The second-order valence-corrected chi connectivity index (χ2v) is 7.40. The molecular formula is C10H14ClN5O3S2. The van der Waals surface area contributed by atoms with Gasteiger partial charge in [-0.2, -0.15) is 0 Å². The van der Waals surface area contributed by atoms with Crippen molar-refractivity contribution in [2.75, 3.05) is 13.7 Å². The fourth-order valence-electron chi connectivity index (χ4n) is 1.80. The lowest BCUT2D eigenvalue weighted by atomic mass is 10.2. The van der Waals surface area contributed by atoms with Crippen molar-refractivity contribution >= 4 is 31.3 Å². The number of ether oxygens (including phenoxy) is 1. The Hall–Kier alpha value is -1.10. The lowest BCUT2D eigenvalue weighted by Gasteiger charge is -2.07. The maximum atomic E-state index is 11.6. The molecule has 0 aliphatic rings. The second kappa shape index (κ2) is 6.77. The Balaban J connectivity index is 2.53. The normalized spacial score (nSPS) is 12.0. The van der Waals surface area contributed by atoms with E-state index in [1.54, 1.807) is 0 Å². The zero-order valence-electron chi connectivity index (χ0n) is 11.5. The van der Waals surface area contributed by atoms with Gasteiger partial charge in [0.2, 0.25) is 0 Å². The average molecular weight is 352 g/mol. The molecule has 11 heteroatoms. The lowest BCUT2D eigenvalue weighted by molar-refractivity contribution is 0.185. The number of nitrogens with zero attached hydrogens (tertiary/aromatic N) is 5. The molecule has 2 aromatic heterocycles. The summed E-state index contributed by atoms with van der Waals surface area (Å²) in [5.41, 5.74) is 0.770. The Morgan fingerprint density at radius 1 is 1.33 bits per heavy atom. The highest BCUT2D eigenvalue weighted by molar-refractivity contribution is 8.13. The maximum Gasteiger partial charge on any atom is 0.296 e. The van der Waals surface area contributed by atoms with Gasteiger partial charge in [-0.05, 0) is 18.0 Å². The highest BCUT2D eigenvalue weighted by Gasteiger charge is 2.25. The Bertz CT molecular complexity index is 712. The van der Waals surface area contributed by atoms with Crippen LogP contribution in [0.15, 0.2) is 5.16 Å². The predicted molar refractivity (Wildman–Crippen MR) is 77.8 cm³/mol. The summed E-state index contributed by atoms with van der Waals surface area (Å²) < 4.78 is 33.5. The van der Waals surface area contributed by atoms with E-state index in [0.29, 0.717) is 17.3 Å². The van der Waals surface area contributed by atoms with Crippen molar-refractivity contribution in [1.82, 2.24) is 24.4 Å². The maximum absolute atomic E-state index is 11.6. The van der Waals surface area contributed by atoms with Crippen LogP contribution in [0.1, 0.15) is 19.0 Å². The molecule has 0 radical (unpaired) electrons. The highest BCUT2D eigenvalue weighted by atomic mass is 35.7. The number of halogens is 1. The van der Waals surface area contributed by atoms with Gasteiger partial charge < -0.3 is 4.74 Å². The van der Waals surface area contributed by atoms with Crippen molar-refractivity contribution in [1.29, 1.82) is 0 Å². The number of aromatic nitrogens is 5. The summed E-state index contributed by atoms with van der Waals surface area (Å²) in [5, 5.41) is 11.4. The van der Waals surface area contributed by atoms with Gasteiger partial charge in [0.05, 0.1) is 18.8 Å². The van der Waals surface area contributed by atoms with Gasteiger partial charge in [0, 0.05) is 17.8 Å². The van der Waals surface area contributed by atoms with Gasteiger partial charge in [-0.3, -0.25) is 4.57 Å². The molecule has 21 heavy (non-hydrogen) atoms. The first kappa shape index (κ1) is 16.3. The van der Waals surface area contributed by atoms with Crippen LogP contribution >= 0.6 is 22.2 Å². The van der Waals surface area contributed by atoms with Gasteiger partial charge in [-0.25, -0.2) is 8.42 Å². The Labute approximate surface area is 130 Å². The molecular weight excluding hydrogens is 338 g/mol. The van der Waals surface area contributed by atoms with Gasteiger partial charge in [0.15, 0.2) is 5.82 Å². The molecule has 0 amide bonds. The summed E-state index contributed by atoms with van der Waals surface area (Å²) in [7, 11) is 2.93. The molecule has 0 unspecified atom stereocenters. The number of aryl methyl sites for hydroxylation is 1. The van der Waals surface area contributed by atoms with Gasteiger partial charge >= 0.3 is 0 Å². The smallest absolute Gasteiger partial charge is 0.296 e. The molecule has 0 aliphatic heterocycles. The molecule has 0 aromatic carbocycles. The lowest BCUT2D eigenvalue weighted by Crippen LogP contribution is -2.11. The van der Waals surface area contributed by atoms with Crippen molar-refractivity contribution in [3.8, 4) is 10.7 Å². The third kappa shape index (κ3) is 3.57. The van der Waals surface area contributed by atoms with Crippen molar-refractivity contribution < 1.29 is 13.2 Å². The zero-order chi connectivity index (χ0) is 15.5. The molecule has 0 saturated carbocycles. The fourth-order valence-corrected chi connectivity index (χ4v) is 3.42. The Morgan fingerprint density at radius 2 is 2.10 bits per heavy atom. The van der Waals surface area contributed by atoms with Crippen LogP contribution in [0.4, 0.5) is 0 Å². The molecule has 8 nitrogen and oxygen atoms in total. The summed E-state index contributed by atoms with van der Waals surface area (Å²) in [4.78, 5) is 0.701. The predicted octanol–water partition coefficient (Wildman–Crippen LogP) is 1.32.